The van der Waals surface area contributed by atoms with Crippen LogP contribution in [0.1, 0.15) is 47.9 Å². The van der Waals surface area contributed by atoms with Gasteiger partial charge in [0.1, 0.15) is 24.5 Å². The zero-order chi connectivity index (χ0) is 24.6. The van der Waals surface area contributed by atoms with Crippen LogP contribution in [-0.2, 0) is 9.53 Å². The number of hydrogen-bond donors (Lipinski definition) is 0. The Morgan fingerprint density at radius 3 is 2.26 bits per heavy atom. The summed E-state index contributed by atoms with van der Waals surface area (Å²) in [5, 5.41) is 0. The van der Waals surface area contributed by atoms with E-state index >= 15 is 0 Å². The number of ether oxygens (including phenoxy) is 2. The third kappa shape index (κ3) is 3.87. The lowest BCUT2D eigenvalue weighted by atomic mass is 10.1. The maximum absolute atomic E-state index is 12.7. The predicted molar refractivity (Wildman–Crippen MR) is 125 cm³/mol. The van der Waals surface area contributed by atoms with E-state index < -0.39 is 30.1 Å². The molecule has 0 bridgehead atoms. The number of anilines is 2. The summed E-state index contributed by atoms with van der Waals surface area (Å²) in [5.74, 6) is -0.469. The number of amides is 4. The zero-order valence-electron chi connectivity index (χ0n) is 19.6. The maximum atomic E-state index is 12.7. The highest BCUT2D eigenvalue weighted by molar-refractivity contribution is 6.21. The highest BCUT2D eigenvalue weighted by atomic mass is 16.6. The molecule has 3 heterocycles. The average Bonchev–Trinajstić information content (AvgIpc) is 3.28. The molecule has 9 heteroatoms. The van der Waals surface area contributed by atoms with Crippen LogP contribution in [0.15, 0.2) is 42.5 Å². The Morgan fingerprint density at radius 2 is 1.68 bits per heavy atom. The zero-order valence-corrected chi connectivity index (χ0v) is 19.6. The van der Waals surface area contributed by atoms with Gasteiger partial charge in [-0.15, -0.1) is 0 Å². The topological polar surface area (TPSA) is 96.5 Å². The number of benzene rings is 2. The molecule has 0 saturated carbocycles. The Balaban J connectivity index is 0.000000868. The smallest absolute Gasteiger partial charge is 0.415 e. The minimum absolute atomic E-state index is 0.0525. The lowest BCUT2D eigenvalue weighted by molar-refractivity contribution is -0.116. The highest BCUT2D eigenvalue weighted by Gasteiger charge is 2.49. The molecule has 2 aromatic carbocycles. The molecule has 5 rings (SSSR count). The number of carbonyl (C=O) groups excluding carboxylic acids is 4. The van der Waals surface area contributed by atoms with Crippen LogP contribution in [0.3, 0.4) is 0 Å². The number of imide groups is 1. The second kappa shape index (κ2) is 9.17. The highest BCUT2D eigenvalue weighted by Crippen LogP contribution is 2.41. The van der Waals surface area contributed by atoms with Crippen LogP contribution in [0.4, 0.5) is 16.2 Å². The van der Waals surface area contributed by atoms with E-state index in [4.69, 9.17) is 9.47 Å². The molecule has 0 aromatic heterocycles. The van der Waals surface area contributed by atoms with Crippen molar-refractivity contribution in [2.75, 3.05) is 30.0 Å². The molecule has 3 aliphatic rings. The molecule has 9 nitrogen and oxygen atoms in total. The van der Waals surface area contributed by atoms with Crippen LogP contribution in [0.2, 0.25) is 0 Å². The quantitative estimate of drug-likeness (QED) is 0.644. The van der Waals surface area contributed by atoms with Crippen LogP contribution in [0.25, 0.3) is 0 Å². The molecule has 0 unspecified atom stereocenters. The standard InChI is InChI=1S/C22H19N3O6.C3H8/c1-12(26)23(2)13-7-8-16-18(9-13)30-11-17-19(31-22(29)25(16)17)10-24-20(27)14-5-3-4-6-15(14)21(24)28;1-3-2/h3-9,17,19H,10-11H2,1-2H3;3H2,1-2H3/t17-,19-;/m0./s1. The molecule has 4 amide bonds. The first-order valence-corrected chi connectivity index (χ1v) is 11.2. The summed E-state index contributed by atoms with van der Waals surface area (Å²) in [6, 6.07) is 11.2. The lowest BCUT2D eigenvalue weighted by Crippen LogP contribution is -2.48. The number of nitrogens with zero attached hydrogens (tertiary/aromatic N) is 3. The Labute approximate surface area is 197 Å². The van der Waals surface area contributed by atoms with E-state index in [2.05, 4.69) is 13.8 Å². The molecule has 0 radical (unpaired) electrons. The summed E-state index contributed by atoms with van der Waals surface area (Å²) in [6.07, 6.45) is -0.0359. The monoisotopic (exact) mass is 465 g/mol. The van der Waals surface area contributed by atoms with Gasteiger partial charge in [-0.3, -0.25) is 24.2 Å². The third-order valence-corrected chi connectivity index (χ3v) is 5.92. The van der Waals surface area contributed by atoms with Gasteiger partial charge in [0, 0.05) is 25.7 Å². The van der Waals surface area contributed by atoms with Gasteiger partial charge in [-0.25, -0.2) is 4.79 Å². The van der Waals surface area contributed by atoms with E-state index in [0.29, 0.717) is 28.3 Å². The van der Waals surface area contributed by atoms with E-state index in [9.17, 15) is 19.2 Å². The first-order valence-electron chi connectivity index (χ1n) is 11.2. The fraction of sp³-hybridized carbons (Fsp3) is 0.360. The van der Waals surface area contributed by atoms with Crippen molar-refractivity contribution < 1.29 is 28.7 Å². The minimum Gasteiger partial charge on any atom is -0.489 e. The first-order chi connectivity index (χ1) is 16.3. The van der Waals surface area contributed by atoms with Crippen molar-refractivity contribution in [3.05, 3.63) is 53.6 Å². The summed E-state index contributed by atoms with van der Waals surface area (Å²) in [5.41, 5.74) is 1.86. The van der Waals surface area contributed by atoms with E-state index in [1.54, 1.807) is 49.5 Å². The Bertz CT molecular complexity index is 1130. The molecule has 178 valence electrons. The summed E-state index contributed by atoms with van der Waals surface area (Å²) < 4.78 is 11.4. The van der Waals surface area contributed by atoms with Crippen molar-refractivity contribution in [2.45, 2.75) is 39.3 Å². The molecule has 0 aliphatic carbocycles. The normalized spacial score (nSPS) is 19.9. The first kappa shape index (κ1) is 23.3. The van der Waals surface area contributed by atoms with Crippen molar-refractivity contribution >= 4 is 35.2 Å². The minimum atomic E-state index is -0.720. The molecule has 0 N–H and O–H groups in total. The fourth-order valence-electron chi connectivity index (χ4n) is 4.15. The van der Waals surface area contributed by atoms with E-state index in [-0.39, 0.29) is 19.1 Å². The van der Waals surface area contributed by atoms with Gasteiger partial charge < -0.3 is 14.4 Å². The van der Waals surface area contributed by atoms with Crippen LogP contribution in [0.5, 0.6) is 5.75 Å². The van der Waals surface area contributed by atoms with Gasteiger partial charge >= 0.3 is 6.09 Å². The van der Waals surface area contributed by atoms with E-state index in [0.717, 1.165) is 4.90 Å². The molecule has 0 spiro atoms. The van der Waals surface area contributed by atoms with Gasteiger partial charge in [0.25, 0.3) is 11.8 Å². The molecule has 1 saturated heterocycles. The Morgan fingerprint density at radius 1 is 1.06 bits per heavy atom. The fourth-order valence-corrected chi connectivity index (χ4v) is 4.15. The summed E-state index contributed by atoms with van der Waals surface area (Å²) >= 11 is 0. The lowest BCUT2D eigenvalue weighted by Gasteiger charge is -2.32. The largest absolute Gasteiger partial charge is 0.489 e. The summed E-state index contributed by atoms with van der Waals surface area (Å²) in [6.45, 7) is 5.79. The predicted octanol–water partition coefficient (Wildman–Crippen LogP) is 3.47. The van der Waals surface area contributed by atoms with Gasteiger partial charge in [-0.1, -0.05) is 32.4 Å². The molecule has 2 atom stereocenters. The number of carbonyl (C=O) groups is 4. The second-order valence-corrected chi connectivity index (χ2v) is 8.37. The SMILES string of the molecule is CC(=O)N(C)c1ccc2c(c1)OC[C@H]1[C@H](CN3C(=O)c4ccccc4C3=O)OC(=O)N21.CCC. The maximum Gasteiger partial charge on any atom is 0.415 e. The molecular formula is C25H27N3O6. The van der Waals surface area contributed by atoms with Crippen LogP contribution >= 0.6 is 0 Å². The van der Waals surface area contributed by atoms with Gasteiger partial charge in [0.15, 0.2) is 0 Å². The molecular weight excluding hydrogens is 438 g/mol. The van der Waals surface area contributed by atoms with Gasteiger partial charge in [-0.2, -0.15) is 0 Å². The van der Waals surface area contributed by atoms with E-state index in [1.165, 1.54) is 23.1 Å². The Hall–Kier alpha value is -3.88. The van der Waals surface area contributed by atoms with Crippen LogP contribution in [0, 0.1) is 0 Å². The van der Waals surface area contributed by atoms with Gasteiger partial charge in [0.05, 0.1) is 23.4 Å². The van der Waals surface area contributed by atoms with Crippen LogP contribution < -0.4 is 14.5 Å². The molecule has 34 heavy (non-hydrogen) atoms. The molecule has 3 aliphatic heterocycles. The molecule has 1 fully saturated rings. The number of cyclic esters (lactones) is 1. The van der Waals surface area contributed by atoms with Gasteiger partial charge in [-0.05, 0) is 24.3 Å². The van der Waals surface area contributed by atoms with Crippen molar-refractivity contribution in [3.63, 3.8) is 0 Å². The number of hydrogen-bond acceptors (Lipinski definition) is 6. The summed E-state index contributed by atoms with van der Waals surface area (Å²) in [4.78, 5) is 53.7. The van der Waals surface area contributed by atoms with Crippen molar-refractivity contribution in [3.8, 4) is 5.75 Å². The Kier molecular flexibility index (Phi) is 6.28. The van der Waals surface area contributed by atoms with Crippen molar-refractivity contribution in [1.82, 2.24) is 4.90 Å². The number of fused-ring (bicyclic) bond motifs is 4. The number of rotatable bonds is 3. The van der Waals surface area contributed by atoms with Gasteiger partial charge in [0.2, 0.25) is 5.91 Å². The summed E-state index contributed by atoms with van der Waals surface area (Å²) in [7, 11) is 1.65. The van der Waals surface area contributed by atoms with E-state index in [1.807, 2.05) is 0 Å². The third-order valence-electron chi connectivity index (χ3n) is 5.92. The van der Waals surface area contributed by atoms with Crippen molar-refractivity contribution in [1.29, 1.82) is 0 Å². The van der Waals surface area contributed by atoms with Crippen LogP contribution in [-0.4, -0.2) is 61.1 Å². The molecule has 2 aromatic rings. The second-order valence-electron chi connectivity index (χ2n) is 8.37. The average molecular weight is 466 g/mol. The van der Waals surface area contributed by atoms with Crippen molar-refractivity contribution in [2.24, 2.45) is 0 Å².